The quantitative estimate of drug-likeness (QED) is 0.902. The van der Waals surface area contributed by atoms with Crippen LogP contribution in [0.15, 0.2) is 22.7 Å². The first kappa shape index (κ1) is 11.3. The third-order valence-corrected chi connectivity index (χ3v) is 3.56. The highest BCUT2D eigenvalue weighted by Gasteiger charge is 2.48. The summed E-state index contributed by atoms with van der Waals surface area (Å²) in [5, 5.41) is 3.93. The molecule has 1 aromatic carbocycles. The molecule has 3 rings (SSSR count). The molecular weight excluding hydrogens is 233 g/mol. The third kappa shape index (κ3) is 1.71. The molecule has 1 heterocycles. The summed E-state index contributed by atoms with van der Waals surface area (Å²) in [6.45, 7) is 2.40. The molecule has 0 amide bonds. The molecule has 18 heavy (non-hydrogen) atoms. The second-order valence-electron chi connectivity index (χ2n) is 4.87. The van der Waals surface area contributed by atoms with Gasteiger partial charge in [0.05, 0.1) is 5.41 Å². The van der Waals surface area contributed by atoms with E-state index in [2.05, 4.69) is 10.1 Å². The maximum atomic E-state index is 13.2. The Balaban J connectivity index is 2.00. The van der Waals surface area contributed by atoms with Gasteiger partial charge in [0.15, 0.2) is 0 Å². The minimum Gasteiger partial charge on any atom is -0.338 e. The Hall–Kier alpha value is -1.75. The Morgan fingerprint density at radius 1 is 1.44 bits per heavy atom. The van der Waals surface area contributed by atoms with Gasteiger partial charge in [0.2, 0.25) is 11.7 Å². The second kappa shape index (κ2) is 3.88. The van der Waals surface area contributed by atoms with Crippen LogP contribution in [0.1, 0.15) is 24.3 Å². The Labute approximate surface area is 104 Å². The van der Waals surface area contributed by atoms with Crippen molar-refractivity contribution in [1.29, 1.82) is 0 Å². The minimum absolute atomic E-state index is 0.132. The van der Waals surface area contributed by atoms with Crippen LogP contribution in [0.4, 0.5) is 4.39 Å². The van der Waals surface area contributed by atoms with Crippen molar-refractivity contribution >= 4 is 0 Å². The van der Waals surface area contributed by atoms with E-state index in [0.717, 1.165) is 18.4 Å². The van der Waals surface area contributed by atoms with Crippen molar-refractivity contribution in [1.82, 2.24) is 10.1 Å². The third-order valence-electron chi connectivity index (χ3n) is 3.56. The second-order valence-corrected chi connectivity index (χ2v) is 4.87. The summed E-state index contributed by atoms with van der Waals surface area (Å²) in [6.07, 6.45) is 1.96. The molecule has 0 spiro atoms. The number of nitrogens with zero attached hydrogens (tertiary/aromatic N) is 2. The average molecular weight is 247 g/mol. The molecule has 2 N–H and O–H groups in total. The van der Waals surface area contributed by atoms with Crippen molar-refractivity contribution in [3.63, 3.8) is 0 Å². The van der Waals surface area contributed by atoms with Gasteiger partial charge in [-0.1, -0.05) is 11.2 Å². The van der Waals surface area contributed by atoms with Crippen molar-refractivity contribution in [3.05, 3.63) is 35.5 Å². The number of nitrogens with two attached hydrogens (primary N) is 1. The summed E-state index contributed by atoms with van der Waals surface area (Å²) in [6, 6.07) is 4.55. The normalized spacial score (nSPS) is 16.8. The van der Waals surface area contributed by atoms with E-state index in [4.69, 9.17) is 10.3 Å². The van der Waals surface area contributed by atoms with Crippen LogP contribution in [0, 0.1) is 12.7 Å². The van der Waals surface area contributed by atoms with E-state index in [1.165, 1.54) is 12.1 Å². The molecule has 1 aliphatic rings. The predicted octanol–water partition coefficient (Wildman–Crippen LogP) is 2.17. The highest BCUT2D eigenvalue weighted by Crippen LogP contribution is 2.46. The van der Waals surface area contributed by atoms with Crippen molar-refractivity contribution in [3.8, 4) is 11.4 Å². The van der Waals surface area contributed by atoms with Crippen molar-refractivity contribution < 1.29 is 8.91 Å². The Kier molecular flexibility index (Phi) is 2.45. The summed E-state index contributed by atoms with van der Waals surface area (Å²) in [5.41, 5.74) is 7.17. The van der Waals surface area contributed by atoms with E-state index >= 15 is 0 Å². The van der Waals surface area contributed by atoms with Gasteiger partial charge in [-0.05, 0) is 37.5 Å². The first-order valence-electron chi connectivity index (χ1n) is 5.95. The monoisotopic (exact) mass is 247 g/mol. The van der Waals surface area contributed by atoms with Crippen LogP contribution in [0.25, 0.3) is 11.4 Å². The molecule has 1 saturated carbocycles. The molecule has 4 nitrogen and oxygen atoms in total. The number of aryl methyl sites for hydroxylation is 1. The standard InChI is InChI=1S/C13H14FN3O/c1-8-2-3-9(14)6-10(8)11-16-12(18-17-11)13(7-15)4-5-13/h2-3,6H,4-5,7,15H2,1H3. The smallest absolute Gasteiger partial charge is 0.234 e. The molecule has 2 aromatic rings. The Morgan fingerprint density at radius 3 is 2.89 bits per heavy atom. The van der Waals surface area contributed by atoms with E-state index in [9.17, 15) is 4.39 Å². The first-order chi connectivity index (χ1) is 8.64. The van der Waals surface area contributed by atoms with E-state index in [0.29, 0.717) is 23.8 Å². The summed E-state index contributed by atoms with van der Waals surface area (Å²) in [7, 11) is 0. The maximum absolute atomic E-state index is 13.2. The molecule has 5 heteroatoms. The highest BCUT2D eigenvalue weighted by atomic mass is 19.1. The number of rotatable bonds is 3. The lowest BCUT2D eigenvalue weighted by atomic mass is 10.1. The Bertz CT molecular complexity index is 590. The minimum atomic E-state index is -0.304. The van der Waals surface area contributed by atoms with Gasteiger partial charge in [-0.3, -0.25) is 0 Å². The van der Waals surface area contributed by atoms with Gasteiger partial charge >= 0.3 is 0 Å². The summed E-state index contributed by atoms with van der Waals surface area (Å²) >= 11 is 0. The fraction of sp³-hybridized carbons (Fsp3) is 0.385. The highest BCUT2D eigenvalue weighted by molar-refractivity contribution is 5.59. The van der Waals surface area contributed by atoms with Gasteiger partial charge in [-0.25, -0.2) is 4.39 Å². The largest absolute Gasteiger partial charge is 0.338 e. The number of hydrogen-bond donors (Lipinski definition) is 1. The Morgan fingerprint density at radius 2 is 2.22 bits per heavy atom. The van der Waals surface area contributed by atoms with E-state index in [-0.39, 0.29) is 11.2 Å². The average Bonchev–Trinajstić information content (AvgIpc) is 3.02. The zero-order valence-electron chi connectivity index (χ0n) is 10.1. The number of halogens is 1. The lowest BCUT2D eigenvalue weighted by Crippen LogP contribution is -2.19. The zero-order chi connectivity index (χ0) is 12.8. The first-order valence-corrected chi connectivity index (χ1v) is 5.95. The van der Waals surface area contributed by atoms with Crippen LogP contribution < -0.4 is 5.73 Å². The molecule has 0 saturated heterocycles. The number of hydrogen-bond acceptors (Lipinski definition) is 4. The van der Waals surface area contributed by atoms with Gasteiger partial charge in [-0.15, -0.1) is 0 Å². The molecule has 0 atom stereocenters. The fourth-order valence-corrected chi connectivity index (χ4v) is 2.04. The maximum Gasteiger partial charge on any atom is 0.234 e. The molecule has 94 valence electrons. The van der Waals surface area contributed by atoms with Crippen LogP contribution in [0.5, 0.6) is 0 Å². The zero-order valence-corrected chi connectivity index (χ0v) is 10.1. The lowest BCUT2D eigenvalue weighted by Gasteiger charge is -2.04. The van der Waals surface area contributed by atoms with Gasteiger partial charge in [0.25, 0.3) is 0 Å². The van der Waals surface area contributed by atoms with E-state index < -0.39 is 0 Å². The summed E-state index contributed by atoms with van der Waals surface area (Å²) in [5.74, 6) is 0.701. The molecule has 1 aliphatic carbocycles. The topological polar surface area (TPSA) is 64.9 Å². The fourth-order valence-electron chi connectivity index (χ4n) is 2.04. The van der Waals surface area contributed by atoms with Crippen molar-refractivity contribution in [2.45, 2.75) is 25.2 Å². The van der Waals surface area contributed by atoms with Crippen LogP contribution in [-0.2, 0) is 5.41 Å². The van der Waals surface area contributed by atoms with Crippen molar-refractivity contribution in [2.24, 2.45) is 5.73 Å². The molecule has 1 aromatic heterocycles. The lowest BCUT2D eigenvalue weighted by molar-refractivity contribution is 0.347. The molecule has 0 unspecified atom stereocenters. The van der Waals surface area contributed by atoms with Gasteiger partial charge in [0, 0.05) is 12.1 Å². The molecular formula is C13H14FN3O. The summed E-state index contributed by atoms with van der Waals surface area (Å²) in [4.78, 5) is 4.36. The van der Waals surface area contributed by atoms with E-state index in [1.807, 2.05) is 6.92 Å². The van der Waals surface area contributed by atoms with Crippen LogP contribution in [0.3, 0.4) is 0 Å². The van der Waals surface area contributed by atoms with Crippen LogP contribution in [0.2, 0.25) is 0 Å². The summed E-state index contributed by atoms with van der Waals surface area (Å²) < 4.78 is 18.5. The molecule has 0 radical (unpaired) electrons. The number of aromatic nitrogens is 2. The SMILES string of the molecule is Cc1ccc(F)cc1-c1noc(C2(CN)CC2)n1. The van der Waals surface area contributed by atoms with Gasteiger partial charge < -0.3 is 10.3 Å². The van der Waals surface area contributed by atoms with Gasteiger partial charge in [0.1, 0.15) is 5.82 Å². The van der Waals surface area contributed by atoms with E-state index in [1.54, 1.807) is 6.07 Å². The predicted molar refractivity (Wildman–Crippen MR) is 64.4 cm³/mol. The molecule has 1 fully saturated rings. The van der Waals surface area contributed by atoms with Crippen molar-refractivity contribution in [2.75, 3.05) is 6.54 Å². The van der Waals surface area contributed by atoms with Crippen LogP contribution in [-0.4, -0.2) is 16.7 Å². The molecule has 0 aliphatic heterocycles. The van der Waals surface area contributed by atoms with Gasteiger partial charge in [-0.2, -0.15) is 4.98 Å². The number of benzene rings is 1. The van der Waals surface area contributed by atoms with Crippen LogP contribution >= 0.6 is 0 Å². The molecule has 0 bridgehead atoms.